The second-order valence-corrected chi connectivity index (χ2v) is 8.63. The van der Waals surface area contributed by atoms with Crippen molar-refractivity contribution in [3.8, 4) is 0 Å². The van der Waals surface area contributed by atoms with Crippen LogP contribution in [0.5, 0.6) is 0 Å². The molecular weight excluding hydrogens is 332 g/mol. The van der Waals surface area contributed by atoms with E-state index in [2.05, 4.69) is 28.7 Å². The van der Waals surface area contributed by atoms with E-state index in [1.54, 1.807) is 24.3 Å². The summed E-state index contributed by atoms with van der Waals surface area (Å²) in [4.78, 5) is 2.70. The van der Waals surface area contributed by atoms with E-state index in [4.69, 9.17) is 0 Å². The number of sulfonamides is 1. The Balaban J connectivity index is 1.68. The van der Waals surface area contributed by atoms with E-state index in [1.807, 2.05) is 25.1 Å². The minimum Gasteiger partial charge on any atom is -0.372 e. The molecule has 0 radical (unpaired) electrons. The van der Waals surface area contributed by atoms with E-state index in [0.29, 0.717) is 4.90 Å². The van der Waals surface area contributed by atoms with E-state index in [0.717, 1.165) is 24.6 Å². The average Bonchev–Trinajstić information content (AvgIpc) is 2.63. The number of nitrogens with one attached hydrogen (secondary N) is 1. The molecule has 4 nitrogen and oxygen atoms in total. The molecule has 2 aromatic carbocycles. The van der Waals surface area contributed by atoms with Gasteiger partial charge < -0.3 is 4.90 Å². The molecule has 25 heavy (non-hydrogen) atoms. The molecule has 0 unspecified atom stereocenters. The van der Waals surface area contributed by atoms with Gasteiger partial charge in [-0.3, -0.25) is 0 Å². The zero-order valence-electron chi connectivity index (χ0n) is 14.9. The van der Waals surface area contributed by atoms with E-state index in [1.165, 1.54) is 18.5 Å². The monoisotopic (exact) mass is 358 g/mol. The molecule has 3 rings (SSSR count). The van der Waals surface area contributed by atoms with Crippen LogP contribution in [0.2, 0.25) is 0 Å². The summed E-state index contributed by atoms with van der Waals surface area (Å²) < 4.78 is 27.6. The van der Waals surface area contributed by atoms with Crippen molar-refractivity contribution in [2.45, 2.75) is 37.6 Å². The molecule has 1 fully saturated rings. The first-order valence-electron chi connectivity index (χ1n) is 8.88. The molecule has 0 aromatic heterocycles. The lowest BCUT2D eigenvalue weighted by atomic mass is 9.98. The predicted octanol–water partition coefficient (Wildman–Crippen LogP) is 3.96. The first-order chi connectivity index (χ1) is 12.0. The van der Waals surface area contributed by atoms with Crippen molar-refractivity contribution in [1.29, 1.82) is 0 Å². The Morgan fingerprint density at radius 3 is 2.20 bits per heavy atom. The number of hydrogen-bond donors (Lipinski definition) is 1. The molecular formula is C20H26N2O2S. The maximum absolute atomic E-state index is 12.4. The van der Waals surface area contributed by atoms with Gasteiger partial charge in [-0.25, -0.2) is 13.1 Å². The van der Waals surface area contributed by atoms with Crippen LogP contribution >= 0.6 is 0 Å². The topological polar surface area (TPSA) is 49.4 Å². The fourth-order valence-corrected chi connectivity index (χ4v) is 4.46. The van der Waals surface area contributed by atoms with Crippen molar-refractivity contribution in [3.63, 3.8) is 0 Å². The molecule has 0 aliphatic carbocycles. The first kappa shape index (κ1) is 18.0. The normalized spacial score (nSPS) is 17.4. The fourth-order valence-electron chi connectivity index (χ4n) is 3.21. The van der Waals surface area contributed by atoms with Gasteiger partial charge in [-0.1, -0.05) is 37.3 Å². The Kier molecular flexibility index (Phi) is 5.45. The molecule has 5 heteroatoms. The SMILES string of the molecule is CC1CCN(c2ccc([C@H](C)NS(=O)(=O)c3ccccc3)cc2)CC1. The lowest BCUT2D eigenvalue weighted by Gasteiger charge is -2.32. The summed E-state index contributed by atoms with van der Waals surface area (Å²) in [6, 6.07) is 16.4. The quantitative estimate of drug-likeness (QED) is 0.880. The van der Waals surface area contributed by atoms with Gasteiger partial charge in [0.05, 0.1) is 4.90 Å². The van der Waals surface area contributed by atoms with Crippen LogP contribution in [-0.4, -0.2) is 21.5 Å². The minimum absolute atomic E-state index is 0.277. The smallest absolute Gasteiger partial charge is 0.241 e. The third kappa shape index (κ3) is 4.41. The summed E-state index contributed by atoms with van der Waals surface area (Å²) in [5.41, 5.74) is 2.18. The largest absolute Gasteiger partial charge is 0.372 e. The highest BCUT2D eigenvalue weighted by Gasteiger charge is 2.19. The Morgan fingerprint density at radius 1 is 1.00 bits per heavy atom. The molecule has 0 bridgehead atoms. The van der Waals surface area contributed by atoms with Gasteiger partial charge in [-0.05, 0) is 55.5 Å². The standard InChI is InChI=1S/C20H26N2O2S/c1-16-12-14-22(15-13-16)19-10-8-18(9-11-19)17(2)21-25(23,24)20-6-4-3-5-7-20/h3-11,16-17,21H,12-15H2,1-2H3/t17-/m0/s1. The highest BCUT2D eigenvalue weighted by atomic mass is 32.2. The number of nitrogens with zero attached hydrogens (tertiary/aromatic N) is 1. The highest BCUT2D eigenvalue weighted by molar-refractivity contribution is 7.89. The van der Waals surface area contributed by atoms with Crippen LogP contribution in [0.1, 0.15) is 38.3 Å². The molecule has 1 heterocycles. The van der Waals surface area contributed by atoms with Crippen LogP contribution in [0.3, 0.4) is 0 Å². The third-order valence-electron chi connectivity index (χ3n) is 4.93. The molecule has 134 valence electrons. The van der Waals surface area contributed by atoms with Gasteiger partial charge >= 0.3 is 0 Å². The molecule has 1 atom stereocenters. The molecule has 1 saturated heterocycles. The van der Waals surface area contributed by atoms with Crippen molar-refractivity contribution < 1.29 is 8.42 Å². The van der Waals surface area contributed by atoms with Crippen LogP contribution < -0.4 is 9.62 Å². The van der Waals surface area contributed by atoms with Gasteiger partial charge in [0, 0.05) is 24.8 Å². The summed E-state index contributed by atoms with van der Waals surface area (Å²) in [6.07, 6.45) is 2.46. The van der Waals surface area contributed by atoms with Crippen LogP contribution in [0.15, 0.2) is 59.5 Å². The molecule has 2 aromatic rings. The molecule has 1 aliphatic heterocycles. The van der Waals surface area contributed by atoms with Crippen LogP contribution in [0.25, 0.3) is 0 Å². The molecule has 0 saturated carbocycles. The number of rotatable bonds is 5. The van der Waals surface area contributed by atoms with E-state index in [-0.39, 0.29) is 6.04 Å². The van der Waals surface area contributed by atoms with Crippen molar-refractivity contribution in [3.05, 3.63) is 60.2 Å². The van der Waals surface area contributed by atoms with Crippen molar-refractivity contribution >= 4 is 15.7 Å². The Hall–Kier alpha value is -1.85. The maximum Gasteiger partial charge on any atom is 0.241 e. The number of benzene rings is 2. The lowest BCUT2D eigenvalue weighted by molar-refractivity contribution is 0.438. The summed E-state index contributed by atoms with van der Waals surface area (Å²) in [6.45, 7) is 6.37. The Bertz CT molecular complexity index is 780. The average molecular weight is 359 g/mol. The molecule has 0 spiro atoms. The van der Waals surface area contributed by atoms with E-state index >= 15 is 0 Å². The van der Waals surface area contributed by atoms with E-state index < -0.39 is 10.0 Å². The summed E-state index contributed by atoms with van der Waals surface area (Å²) in [5.74, 6) is 0.808. The van der Waals surface area contributed by atoms with Gasteiger partial charge in [0.15, 0.2) is 0 Å². The van der Waals surface area contributed by atoms with Gasteiger partial charge in [0.1, 0.15) is 0 Å². The summed E-state index contributed by atoms with van der Waals surface area (Å²) in [5, 5.41) is 0. The Morgan fingerprint density at radius 2 is 1.60 bits per heavy atom. The second-order valence-electron chi connectivity index (χ2n) is 6.92. The Labute approximate surface area is 150 Å². The van der Waals surface area contributed by atoms with Gasteiger partial charge in [-0.2, -0.15) is 0 Å². The van der Waals surface area contributed by atoms with Gasteiger partial charge in [-0.15, -0.1) is 0 Å². The number of hydrogen-bond acceptors (Lipinski definition) is 3. The number of anilines is 1. The van der Waals surface area contributed by atoms with Crippen molar-refractivity contribution in [1.82, 2.24) is 4.72 Å². The fraction of sp³-hybridized carbons (Fsp3) is 0.400. The molecule has 0 amide bonds. The van der Waals surface area contributed by atoms with Crippen molar-refractivity contribution in [2.24, 2.45) is 5.92 Å². The van der Waals surface area contributed by atoms with Gasteiger partial charge in [0.2, 0.25) is 10.0 Å². The van der Waals surface area contributed by atoms with Crippen LogP contribution in [-0.2, 0) is 10.0 Å². The van der Waals surface area contributed by atoms with Gasteiger partial charge in [0.25, 0.3) is 0 Å². The zero-order valence-corrected chi connectivity index (χ0v) is 15.7. The van der Waals surface area contributed by atoms with Crippen LogP contribution in [0.4, 0.5) is 5.69 Å². The highest BCUT2D eigenvalue weighted by Crippen LogP contribution is 2.25. The third-order valence-corrected chi connectivity index (χ3v) is 6.48. The zero-order chi connectivity index (χ0) is 17.9. The van der Waals surface area contributed by atoms with E-state index in [9.17, 15) is 8.42 Å². The number of piperidine rings is 1. The molecule has 1 aliphatic rings. The second kappa shape index (κ2) is 7.58. The lowest BCUT2D eigenvalue weighted by Crippen LogP contribution is -2.32. The minimum atomic E-state index is -3.50. The maximum atomic E-state index is 12.4. The van der Waals surface area contributed by atoms with Crippen LogP contribution in [0, 0.1) is 5.92 Å². The summed E-state index contributed by atoms with van der Waals surface area (Å²) >= 11 is 0. The predicted molar refractivity (Wildman–Crippen MR) is 102 cm³/mol. The van der Waals surface area contributed by atoms with Crippen molar-refractivity contribution in [2.75, 3.05) is 18.0 Å². The molecule has 1 N–H and O–H groups in total. The summed E-state index contributed by atoms with van der Waals surface area (Å²) in [7, 11) is -3.50. The first-order valence-corrected chi connectivity index (χ1v) is 10.4.